The maximum Gasteiger partial charge on any atom is 0.330 e. The number of nitrogens with one attached hydrogen (secondary N) is 1. The van der Waals surface area contributed by atoms with Gasteiger partial charge in [0.25, 0.3) is 11.5 Å². The zero-order valence-electron chi connectivity index (χ0n) is 20.0. The summed E-state index contributed by atoms with van der Waals surface area (Å²) in [6.07, 6.45) is 2.78. The first-order chi connectivity index (χ1) is 17.5. The van der Waals surface area contributed by atoms with Crippen molar-refractivity contribution in [3.63, 3.8) is 0 Å². The van der Waals surface area contributed by atoms with Crippen LogP contribution in [0.2, 0.25) is 0 Å². The summed E-state index contributed by atoms with van der Waals surface area (Å²) in [6, 6.07) is 20.1. The lowest BCUT2D eigenvalue weighted by atomic mass is 10.2. The normalized spacial score (nSPS) is 10.8. The first-order valence-electron chi connectivity index (χ1n) is 11.7. The highest BCUT2D eigenvalue weighted by Crippen LogP contribution is 2.24. The molecule has 186 valence electrons. The van der Waals surface area contributed by atoms with Crippen LogP contribution in [0.15, 0.2) is 87.0 Å². The number of benzene rings is 2. The van der Waals surface area contributed by atoms with Gasteiger partial charge in [-0.25, -0.2) is 4.79 Å². The monoisotopic (exact) mass is 488 g/mol. The molecule has 0 aliphatic rings. The van der Waals surface area contributed by atoms with Crippen molar-refractivity contribution in [1.29, 1.82) is 0 Å². The summed E-state index contributed by atoms with van der Waals surface area (Å²) in [5, 5.41) is 0. The fourth-order valence-electron chi connectivity index (χ4n) is 3.83. The Kier molecular flexibility index (Phi) is 7.69. The fraction of sp³-hybridized carbons (Fsp3) is 0.222. The van der Waals surface area contributed by atoms with E-state index in [-0.39, 0.29) is 37.0 Å². The summed E-state index contributed by atoms with van der Waals surface area (Å²) < 4.78 is 12.6. The number of H-pyrrole nitrogens is 1. The van der Waals surface area contributed by atoms with Crippen LogP contribution in [-0.4, -0.2) is 22.0 Å². The topological polar surface area (TPSA) is 124 Å². The van der Waals surface area contributed by atoms with E-state index >= 15 is 0 Å². The van der Waals surface area contributed by atoms with Gasteiger partial charge in [0.1, 0.15) is 18.2 Å². The third kappa shape index (κ3) is 5.41. The molecule has 0 saturated carbocycles. The summed E-state index contributed by atoms with van der Waals surface area (Å²) in [7, 11) is 0. The van der Waals surface area contributed by atoms with Crippen molar-refractivity contribution in [2.45, 2.75) is 32.9 Å². The number of furan rings is 1. The number of amides is 1. The average molecular weight is 489 g/mol. The van der Waals surface area contributed by atoms with Crippen molar-refractivity contribution in [1.82, 2.24) is 9.55 Å². The minimum Gasteiger partial charge on any atom is -0.489 e. The second-order valence-corrected chi connectivity index (χ2v) is 8.25. The number of nitrogen functional groups attached to an aromatic ring is 1. The average Bonchev–Trinajstić information content (AvgIpc) is 3.36. The van der Waals surface area contributed by atoms with E-state index < -0.39 is 17.2 Å². The summed E-state index contributed by atoms with van der Waals surface area (Å²) in [4.78, 5) is 42.8. The van der Waals surface area contributed by atoms with Crippen molar-refractivity contribution in [3.8, 4) is 5.75 Å². The Hall–Kier alpha value is -4.53. The van der Waals surface area contributed by atoms with Gasteiger partial charge in [-0.1, -0.05) is 61.9 Å². The number of carbonyl (C=O) groups is 1. The number of hydrogen-bond donors (Lipinski definition) is 2. The number of nitrogens with zero attached hydrogens (tertiary/aromatic N) is 2. The van der Waals surface area contributed by atoms with Crippen LogP contribution in [0.1, 0.15) is 41.4 Å². The molecule has 1 amide bonds. The highest BCUT2D eigenvalue weighted by atomic mass is 16.5. The number of rotatable bonds is 10. The number of carbonyl (C=O) groups excluding carboxylic acids is 1. The summed E-state index contributed by atoms with van der Waals surface area (Å²) in [5.74, 6) is 0.0585. The number of para-hydroxylation sites is 1. The molecule has 2 heterocycles. The smallest absolute Gasteiger partial charge is 0.330 e. The number of hydrogen-bond acceptors (Lipinski definition) is 6. The summed E-state index contributed by atoms with van der Waals surface area (Å²) in [5.41, 5.74) is 6.24. The van der Waals surface area contributed by atoms with Gasteiger partial charge in [0.2, 0.25) is 0 Å². The molecule has 4 aromatic rings. The number of ether oxygens (including phenoxy) is 1. The lowest BCUT2D eigenvalue weighted by Crippen LogP contribution is -2.42. The Bertz CT molecular complexity index is 1420. The Morgan fingerprint density at radius 3 is 2.44 bits per heavy atom. The quantitative estimate of drug-likeness (QED) is 0.350. The molecule has 9 nitrogen and oxygen atoms in total. The van der Waals surface area contributed by atoms with Gasteiger partial charge < -0.3 is 14.9 Å². The predicted molar refractivity (Wildman–Crippen MR) is 137 cm³/mol. The summed E-state index contributed by atoms with van der Waals surface area (Å²) in [6.45, 7) is 2.43. The van der Waals surface area contributed by atoms with Crippen LogP contribution >= 0.6 is 0 Å². The van der Waals surface area contributed by atoms with Gasteiger partial charge in [0.15, 0.2) is 11.4 Å². The molecular weight excluding hydrogens is 460 g/mol. The molecule has 2 aromatic carbocycles. The lowest BCUT2D eigenvalue weighted by Gasteiger charge is -2.24. The first-order valence-corrected chi connectivity index (χ1v) is 11.7. The molecule has 0 fully saturated rings. The number of aromatic amines is 1. The van der Waals surface area contributed by atoms with E-state index in [1.807, 2.05) is 67.6 Å². The molecule has 3 N–H and O–H groups in total. The molecule has 36 heavy (non-hydrogen) atoms. The molecule has 4 rings (SSSR count). The minimum absolute atomic E-state index is 0.0432. The second-order valence-electron chi connectivity index (χ2n) is 8.25. The van der Waals surface area contributed by atoms with Crippen molar-refractivity contribution in [3.05, 3.63) is 111 Å². The molecule has 0 bridgehead atoms. The van der Waals surface area contributed by atoms with Crippen molar-refractivity contribution in [2.75, 3.05) is 17.2 Å². The highest BCUT2D eigenvalue weighted by Gasteiger charge is 2.28. The SMILES string of the molecule is CCCCN(C(=O)c1occc1COc1ccccc1)c1c(N)n(Cc2ccccc2)c(=O)[nH]c1=O. The van der Waals surface area contributed by atoms with Crippen LogP contribution in [0.4, 0.5) is 11.5 Å². The van der Waals surface area contributed by atoms with E-state index in [2.05, 4.69) is 4.98 Å². The third-order valence-electron chi connectivity index (χ3n) is 5.73. The van der Waals surface area contributed by atoms with E-state index in [1.165, 1.54) is 15.7 Å². The largest absolute Gasteiger partial charge is 0.489 e. The lowest BCUT2D eigenvalue weighted by molar-refractivity contribution is 0.0956. The van der Waals surface area contributed by atoms with Gasteiger partial charge >= 0.3 is 5.69 Å². The number of unbranched alkanes of at least 4 members (excludes halogenated alkanes) is 1. The number of anilines is 2. The van der Waals surface area contributed by atoms with E-state index in [9.17, 15) is 14.4 Å². The van der Waals surface area contributed by atoms with E-state index in [4.69, 9.17) is 14.9 Å². The van der Waals surface area contributed by atoms with Crippen LogP contribution in [-0.2, 0) is 13.2 Å². The van der Waals surface area contributed by atoms with Crippen molar-refractivity contribution < 1.29 is 13.9 Å². The molecule has 9 heteroatoms. The van der Waals surface area contributed by atoms with Crippen LogP contribution in [0.5, 0.6) is 5.75 Å². The van der Waals surface area contributed by atoms with Crippen molar-refractivity contribution >= 4 is 17.4 Å². The standard InChI is InChI=1S/C27H28N4O5/c1-2-3-15-30(26(33)23-20(14-16-35-23)18-36-21-12-8-5-9-13-21)22-24(28)31(27(34)29-25(22)32)17-19-10-6-4-7-11-19/h4-14,16H,2-3,15,17-18,28H2,1H3,(H,29,32,34). The molecule has 0 atom stereocenters. The van der Waals surface area contributed by atoms with Crippen LogP contribution in [0.3, 0.4) is 0 Å². The molecule has 0 aliphatic heterocycles. The molecule has 0 saturated heterocycles. The Morgan fingerprint density at radius 1 is 1.06 bits per heavy atom. The van der Waals surface area contributed by atoms with Crippen LogP contribution in [0, 0.1) is 0 Å². The molecule has 0 spiro atoms. The van der Waals surface area contributed by atoms with Gasteiger partial charge in [-0.05, 0) is 30.2 Å². The van der Waals surface area contributed by atoms with Crippen LogP contribution in [0.25, 0.3) is 0 Å². The number of nitrogens with two attached hydrogens (primary N) is 1. The predicted octanol–water partition coefficient (Wildman–Crippen LogP) is 3.79. The molecule has 0 aliphatic carbocycles. The van der Waals surface area contributed by atoms with Crippen LogP contribution < -0.4 is 26.6 Å². The van der Waals surface area contributed by atoms with Gasteiger partial charge in [0, 0.05) is 12.1 Å². The summed E-state index contributed by atoms with van der Waals surface area (Å²) >= 11 is 0. The van der Waals surface area contributed by atoms with Gasteiger partial charge in [-0.2, -0.15) is 0 Å². The minimum atomic E-state index is -0.736. The Labute approximate surface area is 207 Å². The van der Waals surface area contributed by atoms with E-state index in [1.54, 1.807) is 6.07 Å². The Balaban J connectivity index is 1.69. The third-order valence-corrected chi connectivity index (χ3v) is 5.73. The maximum atomic E-state index is 13.7. The molecule has 2 aromatic heterocycles. The molecule has 0 radical (unpaired) electrons. The highest BCUT2D eigenvalue weighted by molar-refractivity contribution is 6.06. The zero-order chi connectivity index (χ0) is 25.5. The number of aromatic nitrogens is 2. The first kappa shape index (κ1) is 24.6. The molecule has 0 unspecified atom stereocenters. The van der Waals surface area contributed by atoms with Gasteiger partial charge in [-0.3, -0.25) is 24.0 Å². The Morgan fingerprint density at radius 2 is 1.75 bits per heavy atom. The van der Waals surface area contributed by atoms with E-state index in [0.717, 1.165) is 12.0 Å². The second kappa shape index (κ2) is 11.3. The van der Waals surface area contributed by atoms with Gasteiger partial charge in [-0.15, -0.1) is 0 Å². The van der Waals surface area contributed by atoms with Gasteiger partial charge in [0.05, 0.1) is 12.8 Å². The fourth-order valence-corrected chi connectivity index (χ4v) is 3.83. The van der Waals surface area contributed by atoms with Crippen molar-refractivity contribution in [2.24, 2.45) is 0 Å². The molecular formula is C27H28N4O5. The zero-order valence-corrected chi connectivity index (χ0v) is 20.0. The maximum absolute atomic E-state index is 13.7. The van der Waals surface area contributed by atoms with E-state index in [0.29, 0.717) is 17.7 Å².